The molecule has 0 atom stereocenters. The summed E-state index contributed by atoms with van der Waals surface area (Å²) in [6.07, 6.45) is 2.61. The number of carbonyl (C=O) groups excluding carboxylic acids is 1. The minimum Gasteiger partial charge on any atom is -0.356 e. The number of carbonyl (C=O) groups is 1. The predicted octanol–water partition coefficient (Wildman–Crippen LogP) is 2.70. The summed E-state index contributed by atoms with van der Waals surface area (Å²) in [5, 5.41) is 3.56. The topological polar surface area (TPSA) is 92.7 Å². The van der Waals surface area contributed by atoms with Crippen LogP contribution in [0.3, 0.4) is 0 Å². The number of hydrogen-bond donors (Lipinski definition) is 2. The van der Waals surface area contributed by atoms with E-state index in [0.717, 1.165) is 26.3 Å². The largest absolute Gasteiger partial charge is 0.356 e. The highest BCUT2D eigenvalue weighted by Crippen LogP contribution is 2.25. The fourth-order valence-electron chi connectivity index (χ4n) is 3.24. The Labute approximate surface area is 165 Å². The van der Waals surface area contributed by atoms with Crippen molar-refractivity contribution in [2.45, 2.75) is 33.2 Å². The first-order valence-corrected chi connectivity index (χ1v) is 10.00. The molecule has 0 unspecified atom stereocenters. The number of hydrogen-bond acceptors (Lipinski definition) is 5. The molecule has 4 aromatic rings. The van der Waals surface area contributed by atoms with Gasteiger partial charge in [-0.05, 0) is 31.5 Å². The van der Waals surface area contributed by atoms with Gasteiger partial charge < -0.3 is 14.9 Å². The van der Waals surface area contributed by atoms with E-state index in [4.69, 9.17) is 0 Å². The Kier molecular flexibility index (Phi) is 4.95. The van der Waals surface area contributed by atoms with Crippen LogP contribution in [0, 0.1) is 13.8 Å². The third-order valence-corrected chi connectivity index (χ3v) is 5.98. The number of aryl methyl sites for hydroxylation is 3. The van der Waals surface area contributed by atoms with E-state index in [9.17, 15) is 9.59 Å². The van der Waals surface area contributed by atoms with Crippen LogP contribution in [0.4, 0.5) is 0 Å². The van der Waals surface area contributed by atoms with Gasteiger partial charge in [-0.1, -0.05) is 12.1 Å². The number of H-pyrrole nitrogens is 1. The lowest BCUT2D eigenvalue weighted by atomic mass is 10.2. The van der Waals surface area contributed by atoms with Crippen molar-refractivity contribution in [3.05, 3.63) is 57.2 Å². The van der Waals surface area contributed by atoms with Gasteiger partial charge in [0.1, 0.15) is 10.7 Å². The Morgan fingerprint density at radius 2 is 2.11 bits per heavy atom. The number of para-hydroxylation sites is 2. The molecule has 0 saturated carbocycles. The predicted molar refractivity (Wildman–Crippen MR) is 111 cm³/mol. The SMILES string of the molecule is Cc1sc2nc(CCNC(=O)CCn3cnc4ccccc43)[nH]c(=O)c2c1C. The molecule has 3 aromatic heterocycles. The van der Waals surface area contributed by atoms with Crippen LogP contribution in [0.2, 0.25) is 0 Å². The highest BCUT2D eigenvalue weighted by atomic mass is 32.1. The molecule has 4 rings (SSSR count). The van der Waals surface area contributed by atoms with Gasteiger partial charge in [-0.15, -0.1) is 11.3 Å². The normalized spacial score (nSPS) is 11.4. The summed E-state index contributed by atoms with van der Waals surface area (Å²) in [5.41, 5.74) is 2.82. The van der Waals surface area contributed by atoms with E-state index in [1.165, 1.54) is 11.3 Å². The van der Waals surface area contributed by atoms with Gasteiger partial charge in [0.2, 0.25) is 5.91 Å². The summed E-state index contributed by atoms with van der Waals surface area (Å²) in [4.78, 5) is 38.0. The minimum atomic E-state index is -0.111. The van der Waals surface area contributed by atoms with Crippen LogP contribution in [0.1, 0.15) is 22.7 Å². The van der Waals surface area contributed by atoms with Crippen LogP contribution in [-0.2, 0) is 17.8 Å². The number of nitrogens with zero attached hydrogens (tertiary/aromatic N) is 3. The lowest BCUT2D eigenvalue weighted by Gasteiger charge is -2.06. The fourth-order valence-corrected chi connectivity index (χ4v) is 4.29. The molecule has 2 N–H and O–H groups in total. The first kappa shape index (κ1) is 18.4. The Bertz CT molecular complexity index is 1220. The molecule has 0 aliphatic heterocycles. The van der Waals surface area contributed by atoms with Crippen molar-refractivity contribution in [3.63, 3.8) is 0 Å². The summed E-state index contributed by atoms with van der Waals surface area (Å²) in [7, 11) is 0. The smallest absolute Gasteiger partial charge is 0.259 e. The molecule has 0 aliphatic rings. The second-order valence-corrected chi connectivity index (χ2v) is 7.96. The van der Waals surface area contributed by atoms with Gasteiger partial charge in [-0.2, -0.15) is 0 Å². The number of fused-ring (bicyclic) bond motifs is 2. The number of nitrogens with one attached hydrogen (secondary N) is 2. The van der Waals surface area contributed by atoms with E-state index in [1.807, 2.05) is 42.7 Å². The average molecular weight is 395 g/mol. The van der Waals surface area contributed by atoms with Crippen LogP contribution in [0.15, 0.2) is 35.4 Å². The fraction of sp³-hybridized carbons (Fsp3) is 0.300. The molecule has 1 amide bonds. The number of rotatable bonds is 6. The highest BCUT2D eigenvalue weighted by Gasteiger charge is 2.12. The summed E-state index contributed by atoms with van der Waals surface area (Å²) in [5.74, 6) is 0.559. The minimum absolute atomic E-state index is 0.0379. The number of amides is 1. The van der Waals surface area contributed by atoms with Crippen molar-refractivity contribution in [1.82, 2.24) is 24.8 Å². The summed E-state index contributed by atoms with van der Waals surface area (Å²) < 4.78 is 1.98. The molecule has 0 aliphatic carbocycles. The lowest BCUT2D eigenvalue weighted by Crippen LogP contribution is -2.27. The van der Waals surface area contributed by atoms with Gasteiger partial charge in [-0.3, -0.25) is 9.59 Å². The monoisotopic (exact) mass is 395 g/mol. The van der Waals surface area contributed by atoms with Crippen LogP contribution in [0.5, 0.6) is 0 Å². The first-order valence-electron chi connectivity index (χ1n) is 9.18. The van der Waals surface area contributed by atoms with Gasteiger partial charge in [0.25, 0.3) is 5.56 Å². The van der Waals surface area contributed by atoms with Crippen LogP contribution < -0.4 is 10.9 Å². The molecule has 7 nitrogen and oxygen atoms in total. The molecule has 28 heavy (non-hydrogen) atoms. The summed E-state index contributed by atoms with van der Waals surface area (Å²) >= 11 is 1.53. The number of aromatic nitrogens is 4. The van der Waals surface area contributed by atoms with Gasteiger partial charge in [0, 0.05) is 30.8 Å². The van der Waals surface area contributed by atoms with Gasteiger partial charge in [0.05, 0.1) is 22.7 Å². The van der Waals surface area contributed by atoms with Gasteiger partial charge in [0.15, 0.2) is 0 Å². The van der Waals surface area contributed by atoms with Crippen molar-refractivity contribution in [2.75, 3.05) is 6.54 Å². The molecular formula is C20H21N5O2S. The molecule has 3 heterocycles. The van der Waals surface area contributed by atoms with E-state index in [2.05, 4.69) is 20.3 Å². The van der Waals surface area contributed by atoms with Gasteiger partial charge in [-0.25, -0.2) is 9.97 Å². The Morgan fingerprint density at radius 1 is 1.29 bits per heavy atom. The van der Waals surface area contributed by atoms with Crippen molar-refractivity contribution in [2.24, 2.45) is 0 Å². The van der Waals surface area contributed by atoms with E-state index in [-0.39, 0.29) is 11.5 Å². The van der Waals surface area contributed by atoms with E-state index in [0.29, 0.717) is 37.1 Å². The number of aromatic amines is 1. The molecule has 0 fully saturated rings. The zero-order chi connectivity index (χ0) is 19.7. The zero-order valence-electron chi connectivity index (χ0n) is 15.8. The van der Waals surface area contributed by atoms with E-state index >= 15 is 0 Å². The molecular weight excluding hydrogens is 374 g/mol. The summed E-state index contributed by atoms with van der Waals surface area (Å²) in [6, 6.07) is 7.85. The maximum atomic E-state index is 12.3. The standard InChI is InChI=1S/C20H21N5O2S/c1-12-13(2)28-20-18(12)19(27)23-16(24-20)7-9-21-17(26)8-10-25-11-22-14-5-3-4-6-15(14)25/h3-6,11H,7-10H2,1-2H3,(H,21,26)(H,23,24,27). The Hall–Kier alpha value is -3.00. The van der Waals surface area contributed by atoms with Crippen LogP contribution in [-0.4, -0.2) is 32.0 Å². The third kappa shape index (κ3) is 3.55. The summed E-state index contributed by atoms with van der Waals surface area (Å²) in [6.45, 7) is 4.93. The zero-order valence-corrected chi connectivity index (χ0v) is 16.6. The van der Waals surface area contributed by atoms with Crippen LogP contribution in [0.25, 0.3) is 21.3 Å². The molecule has 0 bridgehead atoms. The Balaban J connectivity index is 1.33. The number of benzene rings is 1. The van der Waals surface area contributed by atoms with Crippen molar-refractivity contribution >= 4 is 38.5 Å². The number of imidazole rings is 1. The molecule has 0 radical (unpaired) electrons. The van der Waals surface area contributed by atoms with Crippen LogP contribution >= 0.6 is 11.3 Å². The highest BCUT2D eigenvalue weighted by molar-refractivity contribution is 7.18. The second kappa shape index (κ2) is 7.55. The lowest BCUT2D eigenvalue weighted by molar-refractivity contribution is -0.121. The van der Waals surface area contributed by atoms with Gasteiger partial charge >= 0.3 is 0 Å². The van der Waals surface area contributed by atoms with E-state index in [1.54, 1.807) is 6.33 Å². The maximum absolute atomic E-state index is 12.3. The quantitative estimate of drug-likeness (QED) is 0.525. The first-order chi connectivity index (χ1) is 13.5. The maximum Gasteiger partial charge on any atom is 0.259 e. The molecule has 8 heteroatoms. The van der Waals surface area contributed by atoms with Crippen molar-refractivity contribution in [1.29, 1.82) is 0 Å². The van der Waals surface area contributed by atoms with Crippen molar-refractivity contribution < 1.29 is 4.79 Å². The molecule has 0 spiro atoms. The van der Waals surface area contributed by atoms with E-state index < -0.39 is 0 Å². The third-order valence-electron chi connectivity index (χ3n) is 4.88. The average Bonchev–Trinajstić information content (AvgIpc) is 3.21. The molecule has 0 saturated heterocycles. The second-order valence-electron chi connectivity index (χ2n) is 6.75. The van der Waals surface area contributed by atoms with Crippen molar-refractivity contribution in [3.8, 4) is 0 Å². The molecule has 144 valence electrons. The molecule has 1 aromatic carbocycles. The number of thiophene rings is 1. The Morgan fingerprint density at radius 3 is 2.96 bits per heavy atom.